The Morgan fingerprint density at radius 1 is 1.36 bits per heavy atom. The van der Waals surface area contributed by atoms with Gasteiger partial charge in [0.15, 0.2) is 5.96 Å². The van der Waals surface area contributed by atoms with Crippen LogP contribution in [0.2, 0.25) is 0 Å². The summed E-state index contributed by atoms with van der Waals surface area (Å²) in [6.45, 7) is 6.33. The van der Waals surface area contributed by atoms with Gasteiger partial charge in [0.05, 0.1) is 26.5 Å². The molecule has 142 valence electrons. The molecule has 1 aliphatic heterocycles. The lowest BCUT2D eigenvalue weighted by Crippen LogP contribution is -2.45. The predicted molar refractivity (Wildman–Crippen MR) is 115 cm³/mol. The summed E-state index contributed by atoms with van der Waals surface area (Å²) in [5.74, 6) is 1.83. The van der Waals surface area contributed by atoms with E-state index in [-0.39, 0.29) is 24.0 Å². The number of hydrogen-bond donors (Lipinski definition) is 2. The van der Waals surface area contributed by atoms with E-state index < -0.39 is 0 Å². The van der Waals surface area contributed by atoms with E-state index in [9.17, 15) is 0 Å². The number of aliphatic imine (C=N–C) groups is 1. The van der Waals surface area contributed by atoms with Crippen molar-refractivity contribution in [1.29, 1.82) is 0 Å². The second-order valence-electron chi connectivity index (χ2n) is 6.35. The maximum Gasteiger partial charge on any atom is 0.193 e. The minimum absolute atomic E-state index is 0. The summed E-state index contributed by atoms with van der Waals surface area (Å²) in [7, 11) is 3.25. The fraction of sp³-hybridized carbons (Fsp3) is 0.611. The molecular formula is C18H31IN4O2. The fourth-order valence-corrected chi connectivity index (χ4v) is 3.20. The number of hydrogen-bond acceptors (Lipinski definition) is 4. The molecule has 1 aromatic carbocycles. The third-order valence-corrected chi connectivity index (χ3v) is 4.62. The average Bonchev–Trinajstić information content (AvgIpc) is 2.60. The molecule has 6 nitrogen and oxygen atoms in total. The number of methoxy groups -OCH3 is 2. The van der Waals surface area contributed by atoms with Crippen molar-refractivity contribution in [1.82, 2.24) is 4.90 Å². The summed E-state index contributed by atoms with van der Waals surface area (Å²) in [5, 5.41) is 3.11. The number of nitrogens with one attached hydrogen (secondary N) is 1. The standard InChI is InChI=1S/C18H30N4O2.HI/c1-13-7-5-6-10-22(13)14(2)12-20-18(19)21-16-11-15(23-3)8-9-17(16)24-4;/h8-9,11,13-14H,5-7,10,12H2,1-4H3,(H3,19,20,21);1H. The quantitative estimate of drug-likeness (QED) is 0.386. The van der Waals surface area contributed by atoms with Crippen molar-refractivity contribution in [2.75, 3.05) is 32.6 Å². The van der Waals surface area contributed by atoms with Crippen LogP contribution in [0.4, 0.5) is 5.69 Å². The number of benzene rings is 1. The van der Waals surface area contributed by atoms with Crippen LogP contribution in [0.25, 0.3) is 0 Å². The molecule has 0 radical (unpaired) electrons. The number of nitrogens with zero attached hydrogens (tertiary/aromatic N) is 2. The number of guanidine groups is 1. The van der Waals surface area contributed by atoms with Gasteiger partial charge in [0, 0.05) is 18.2 Å². The van der Waals surface area contributed by atoms with Crippen LogP contribution in [0, 0.1) is 0 Å². The summed E-state index contributed by atoms with van der Waals surface area (Å²) in [4.78, 5) is 7.03. The summed E-state index contributed by atoms with van der Waals surface area (Å²) < 4.78 is 10.6. The molecule has 2 atom stereocenters. The summed E-state index contributed by atoms with van der Waals surface area (Å²) in [6, 6.07) is 6.53. The van der Waals surface area contributed by atoms with Gasteiger partial charge in [-0.05, 0) is 45.4 Å². The minimum Gasteiger partial charge on any atom is -0.497 e. The zero-order chi connectivity index (χ0) is 17.5. The number of halogens is 1. The molecule has 1 aliphatic rings. The van der Waals surface area contributed by atoms with Crippen LogP contribution in [0.15, 0.2) is 23.2 Å². The molecule has 0 aromatic heterocycles. The SMILES string of the molecule is COc1ccc(OC)c(NC(N)=NCC(C)N2CCCCC2C)c1.I. The molecule has 1 saturated heterocycles. The van der Waals surface area contributed by atoms with E-state index in [1.54, 1.807) is 14.2 Å². The van der Waals surface area contributed by atoms with Crippen molar-refractivity contribution in [3.63, 3.8) is 0 Å². The van der Waals surface area contributed by atoms with E-state index >= 15 is 0 Å². The molecule has 0 spiro atoms. The molecule has 25 heavy (non-hydrogen) atoms. The predicted octanol–water partition coefficient (Wildman–Crippen LogP) is 3.31. The molecule has 7 heteroatoms. The van der Waals surface area contributed by atoms with Crippen LogP contribution in [0.1, 0.15) is 33.1 Å². The van der Waals surface area contributed by atoms with Crippen molar-refractivity contribution < 1.29 is 9.47 Å². The summed E-state index contributed by atoms with van der Waals surface area (Å²) >= 11 is 0. The Hall–Kier alpha value is -1.22. The molecule has 0 saturated carbocycles. The molecule has 1 fully saturated rings. The van der Waals surface area contributed by atoms with E-state index in [0.29, 0.717) is 30.3 Å². The lowest BCUT2D eigenvalue weighted by molar-refractivity contribution is 0.118. The van der Waals surface area contributed by atoms with Crippen molar-refractivity contribution in [2.45, 2.75) is 45.2 Å². The van der Waals surface area contributed by atoms with Crippen molar-refractivity contribution in [3.05, 3.63) is 18.2 Å². The van der Waals surface area contributed by atoms with Gasteiger partial charge in [-0.3, -0.25) is 9.89 Å². The van der Waals surface area contributed by atoms with Gasteiger partial charge >= 0.3 is 0 Å². The first-order valence-electron chi connectivity index (χ1n) is 8.60. The molecule has 1 heterocycles. The molecule has 0 amide bonds. The normalized spacial score (nSPS) is 19.7. The van der Waals surface area contributed by atoms with Crippen molar-refractivity contribution in [2.24, 2.45) is 10.7 Å². The van der Waals surface area contributed by atoms with Crippen LogP contribution in [-0.2, 0) is 0 Å². The van der Waals surface area contributed by atoms with Crippen LogP contribution in [0.3, 0.4) is 0 Å². The van der Waals surface area contributed by atoms with Crippen molar-refractivity contribution in [3.8, 4) is 11.5 Å². The molecule has 0 aliphatic carbocycles. The molecular weight excluding hydrogens is 431 g/mol. The highest BCUT2D eigenvalue weighted by Gasteiger charge is 2.22. The number of nitrogens with two attached hydrogens (primary N) is 1. The second kappa shape index (κ2) is 10.7. The van der Waals surface area contributed by atoms with Gasteiger partial charge in [-0.2, -0.15) is 0 Å². The Labute approximate surface area is 168 Å². The zero-order valence-corrected chi connectivity index (χ0v) is 17.9. The lowest BCUT2D eigenvalue weighted by Gasteiger charge is -2.37. The molecule has 3 N–H and O–H groups in total. The number of piperidine rings is 1. The van der Waals surface area contributed by atoms with Crippen LogP contribution >= 0.6 is 24.0 Å². The second-order valence-corrected chi connectivity index (χ2v) is 6.35. The molecule has 2 unspecified atom stereocenters. The Balaban J connectivity index is 0.00000312. The third kappa shape index (κ3) is 6.22. The van der Waals surface area contributed by atoms with Gasteiger partial charge in [0.2, 0.25) is 0 Å². The Morgan fingerprint density at radius 2 is 2.12 bits per heavy atom. The average molecular weight is 462 g/mol. The van der Waals surface area contributed by atoms with Gasteiger partial charge in [-0.15, -0.1) is 24.0 Å². The van der Waals surface area contributed by atoms with E-state index in [1.807, 2.05) is 18.2 Å². The van der Waals surface area contributed by atoms with Gasteiger partial charge in [-0.25, -0.2) is 0 Å². The first-order valence-corrected chi connectivity index (χ1v) is 8.60. The Kier molecular flexibility index (Phi) is 9.34. The van der Waals surface area contributed by atoms with Crippen LogP contribution < -0.4 is 20.5 Å². The van der Waals surface area contributed by atoms with Crippen molar-refractivity contribution >= 4 is 35.6 Å². The summed E-state index contributed by atoms with van der Waals surface area (Å²) in [5.41, 5.74) is 6.80. The third-order valence-electron chi connectivity index (χ3n) is 4.62. The van der Waals surface area contributed by atoms with Gasteiger partial charge in [0.1, 0.15) is 11.5 Å². The largest absolute Gasteiger partial charge is 0.497 e. The molecule has 1 aromatic rings. The molecule has 2 rings (SSSR count). The molecule has 0 bridgehead atoms. The van der Waals surface area contributed by atoms with Gasteiger partial charge < -0.3 is 20.5 Å². The van der Waals surface area contributed by atoms with E-state index in [4.69, 9.17) is 15.2 Å². The lowest BCUT2D eigenvalue weighted by atomic mass is 10.0. The first kappa shape index (κ1) is 21.8. The Morgan fingerprint density at radius 3 is 2.76 bits per heavy atom. The summed E-state index contributed by atoms with van der Waals surface area (Å²) in [6.07, 6.45) is 3.86. The van der Waals surface area contributed by atoms with E-state index in [1.165, 1.54) is 19.3 Å². The topological polar surface area (TPSA) is 72.1 Å². The highest BCUT2D eigenvalue weighted by atomic mass is 127. The highest BCUT2D eigenvalue weighted by molar-refractivity contribution is 14.0. The van der Waals surface area contributed by atoms with E-state index in [0.717, 1.165) is 18.0 Å². The van der Waals surface area contributed by atoms with Gasteiger partial charge in [0.25, 0.3) is 0 Å². The number of ether oxygens (including phenoxy) is 2. The maximum atomic E-state index is 6.06. The first-order chi connectivity index (χ1) is 11.5. The van der Waals surface area contributed by atoms with Crippen LogP contribution in [-0.4, -0.2) is 50.3 Å². The number of anilines is 1. The maximum absolute atomic E-state index is 6.06. The number of rotatable bonds is 6. The number of likely N-dealkylation sites (tertiary alicyclic amines) is 1. The van der Waals surface area contributed by atoms with Gasteiger partial charge in [-0.1, -0.05) is 6.42 Å². The van der Waals surface area contributed by atoms with E-state index in [2.05, 4.69) is 29.1 Å². The smallest absolute Gasteiger partial charge is 0.193 e. The van der Waals surface area contributed by atoms with Crippen LogP contribution in [0.5, 0.6) is 11.5 Å². The fourth-order valence-electron chi connectivity index (χ4n) is 3.20. The highest BCUT2D eigenvalue weighted by Crippen LogP contribution is 2.28. The minimum atomic E-state index is 0. The zero-order valence-electron chi connectivity index (χ0n) is 15.6. The monoisotopic (exact) mass is 462 g/mol. The Bertz CT molecular complexity index is 568.